The molecule has 18 heavy (non-hydrogen) atoms. The zero-order valence-corrected chi connectivity index (χ0v) is 13.7. The third-order valence-electron chi connectivity index (χ3n) is 4.09. The number of benzene rings is 1. The molecule has 0 aliphatic heterocycles. The van der Waals surface area contributed by atoms with Gasteiger partial charge in [0.2, 0.25) is 0 Å². The van der Waals surface area contributed by atoms with Gasteiger partial charge >= 0.3 is 0 Å². The highest BCUT2D eigenvalue weighted by Crippen LogP contribution is 2.42. The summed E-state index contributed by atoms with van der Waals surface area (Å²) in [5.41, 5.74) is 3.62. The fraction of sp³-hybridized carbons (Fsp3) is 0.625. The zero-order chi connectivity index (χ0) is 12.8. The van der Waals surface area contributed by atoms with Crippen LogP contribution in [0.2, 0.25) is 0 Å². The second-order valence-electron chi connectivity index (χ2n) is 5.23. The van der Waals surface area contributed by atoms with Gasteiger partial charge in [0.1, 0.15) is 0 Å². The molecule has 0 radical (unpaired) electrons. The fourth-order valence-electron chi connectivity index (χ4n) is 3.13. The van der Waals surface area contributed by atoms with Gasteiger partial charge in [-0.05, 0) is 54.7 Å². The molecule has 0 spiro atoms. The summed E-state index contributed by atoms with van der Waals surface area (Å²) in [6.07, 6.45) is 6.66. The van der Waals surface area contributed by atoms with Crippen molar-refractivity contribution in [3.8, 4) is 0 Å². The van der Waals surface area contributed by atoms with Crippen molar-refractivity contribution in [2.24, 2.45) is 0 Å². The molecule has 0 fully saturated rings. The number of thioether (sulfide) groups is 1. The van der Waals surface area contributed by atoms with Gasteiger partial charge in [0.15, 0.2) is 0 Å². The van der Waals surface area contributed by atoms with Crippen molar-refractivity contribution in [3.63, 3.8) is 0 Å². The lowest BCUT2D eigenvalue weighted by Gasteiger charge is -2.38. The highest BCUT2D eigenvalue weighted by atomic mass is 79.9. The molecule has 0 N–H and O–H groups in total. The van der Waals surface area contributed by atoms with Crippen molar-refractivity contribution in [2.75, 3.05) is 16.8 Å². The molecule has 0 saturated carbocycles. The average molecular weight is 327 g/mol. The van der Waals surface area contributed by atoms with Gasteiger partial charge in [-0.3, -0.25) is 0 Å². The molecule has 0 aromatic heterocycles. The number of halogens is 1. The number of fused-ring (bicyclic) bond motifs is 1. The van der Waals surface area contributed by atoms with E-state index in [1.54, 1.807) is 11.1 Å². The summed E-state index contributed by atoms with van der Waals surface area (Å²) in [5.74, 6) is 2.56. The maximum absolute atomic E-state index is 3.80. The average Bonchev–Trinajstić information content (AvgIpc) is 2.44. The summed E-state index contributed by atoms with van der Waals surface area (Å²) in [5, 5.41) is 1.12. The van der Waals surface area contributed by atoms with Gasteiger partial charge in [-0.15, -0.1) is 0 Å². The van der Waals surface area contributed by atoms with E-state index in [1.165, 1.54) is 43.6 Å². The van der Waals surface area contributed by atoms with Crippen molar-refractivity contribution in [1.29, 1.82) is 0 Å². The van der Waals surface area contributed by atoms with E-state index >= 15 is 0 Å². The number of rotatable bonds is 6. The molecule has 1 atom stereocenters. The molecule has 1 unspecified atom stereocenters. The van der Waals surface area contributed by atoms with E-state index in [0.29, 0.717) is 5.41 Å². The largest absolute Gasteiger partial charge is 0.162 e. The number of hydrogen-bond acceptors (Lipinski definition) is 1. The Morgan fingerprint density at radius 3 is 2.94 bits per heavy atom. The Morgan fingerprint density at radius 2 is 2.17 bits per heavy atom. The van der Waals surface area contributed by atoms with Crippen LogP contribution in [0.15, 0.2) is 24.3 Å². The summed E-state index contributed by atoms with van der Waals surface area (Å²) in [6.45, 7) is 2.25. The Labute approximate surface area is 124 Å². The van der Waals surface area contributed by atoms with E-state index in [1.807, 2.05) is 0 Å². The standard InChI is InChI=1S/C16H23BrS/c1-2-18-12-6-11-16(13-17)10-5-8-14-7-3-4-9-15(14)16/h3-4,7,9H,2,5-6,8,10-13H2,1H3. The van der Waals surface area contributed by atoms with Gasteiger partial charge < -0.3 is 0 Å². The summed E-state index contributed by atoms with van der Waals surface area (Å²) in [7, 11) is 0. The first-order valence-electron chi connectivity index (χ1n) is 7.04. The van der Waals surface area contributed by atoms with Gasteiger partial charge in [0.25, 0.3) is 0 Å². The first-order chi connectivity index (χ1) is 8.82. The quantitative estimate of drug-likeness (QED) is 0.512. The molecule has 1 aromatic rings. The lowest BCUT2D eigenvalue weighted by atomic mass is 9.69. The van der Waals surface area contributed by atoms with Crippen LogP contribution >= 0.6 is 27.7 Å². The monoisotopic (exact) mass is 326 g/mol. The van der Waals surface area contributed by atoms with E-state index in [-0.39, 0.29) is 0 Å². The summed E-state index contributed by atoms with van der Waals surface area (Å²) < 4.78 is 0. The van der Waals surface area contributed by atoms with Crippen LogP contribution in [0.5, 0.6) is 0 Å². The molecular formula is C16H23BrS. The lowest BCUT2D eigenvalue weighted by molar-refractivity contribution is 0.374. The van der Waals surface area contributed by atoms with Crippen LogP contribution in [0.1, 0.15) is 43.7 Å². The third kappa shape index (κ3) is 3.14. The number of hydrogen-bond donors (Lipinski definition) is 0. The molecule has 0 amide bonds. The van der Waals surface area contributed by atoms with E-state index in [4.69, 9.17) is 0 Å². The van der Waals surface area contributed by atoms with Crippen molar-refractivity contribution in [2.45, 2.75) is 44.4 Å². The molecule has 100 valence electrons. The first-order valence-corrected chi connectivity index (χ1v) is 9.32. The maximum Gasteiger partial charge on any atom is 0.0129 e. The van der Waals surface area contributed by atoms with Crippen LogP contribution in [-0.2, 0) is 11.8 Å². The smallest absolute Gasteiger partial charge is 0.0129 e. The highest BCUT2D eigenvalue weighted by Gasteiger charge is 2.34. The van der Waals surface area contributed by atoms with Gasteiger partial charge in [-0.2, -0.15) is 11.8 Å². The second-order valence-corrected chi connectivity index (χ2v) is 7.18. The molecule has 0 bridgehead atoms. The molecule has 0 nitrogen and oxygen atoms in total. The van der Waals surface area contributed by atoms with Gasteiger partial charge in [-0.25, -0.2) is 0 Å². The Hall–Kier alpha value is 0.0500. The predicted molar refractivity (Wildman–Crippen MR) is 87.1 cm³/mol. The summed E-state index contributed by atoms with van der Waals surface area (Å²) >= 11 is 5.87. The Kier molecular flexibility index (Phi) is 5.62. The topological polar surface area (TPSA) is 0 Å². The third-order valence-corrected chi connectivity index (χ3v) is 6.15. The Bertz CT molecular complexity index is 377. The first kappa shape index (κ1) is 14.5. The normalized spacial score (nSPS) is 22.8. The van der Waals surface area contributed by atoms with Crippen LogP contribution in [0.3, 0.4) is 0 Å². The van der Waals surface area contributed by atoms with Crippen LogP contribution in [-0.4, -0.2) is 16.8 Å². The Morgan fingerprint density at radius 1 is 1.33 bits per heavy atom. The molecular weight excluding hydrogens is 304 g/mol. The van der Waals surface area contributed by atoms with Gasteiger partial charge in [-0.1, -0.05) is 47.1 Å². The minimum Gasteiger partial charge on any atom is -0.162 e. The fourth-order valence-corrected chi connectivity index (χ4v) is 4.63. The van der Waals surface area contributed by atoms with E-state index in [9.17, 15) is 0 Å². The van der Waals surface area contributed by atoms with Crippen LogP contribution in [0.4, 0.5) is 0 Å². The van der Waals surface area contributed by atoms with E-state index < -0.39 is 0 Å². The molecule has 1 aromatic carbocycles. The minimum atomic E-state index is 0.406. The molecule has 2 heteroatoms. The van der Waals surface area contributed by atoms with Crippen molar-refractivity contribution in [3.05, 3.63) is 35.4 Å². The van der Waals surface area contributed by atoms with Crippen molar-refractivity contribution in [1.82, 2.24) is 0 Å². The molecule has 1 aliphatic carbocycles. The Balaban J connectivity index is 2.12. The lowest BCUT2D eigenvalue weighted by Crippen LogP contribution is -2.32. The molecule has 0 saturated heterocycles. The number of alkyl halides is 1. The molecule has 2 rings (SSSR count). The van der Waals surface area contributed by atoms with E-state index in [2.05, 4.69) is 58.9 Å². The zero-order valence-electron chi connectivity index (χ0n) is 11.3. The second kappa shape index (κ2) is 7.00. The highest BCUT2D eigenvalue weighted by molar-refractivity contribution is 9.09. The van der Waals surface area contributed by atoms with Gasteiger partial charge in [0, 0.05) is 10.7 Å². The van der Waals surface area contributed by atoms with Crippen LogP contribution < -0.4 is 0 Å². The maximum atomic E-state index is 3.80. The van der Waals surface area contributed by atoms with Crippen molar-refractivity contribution < 1.29 is 0 Å². The molecule has 0 heterocycles. The van der Waals surface area contributed by atoms with Crippen LogP contribution in [0, 0.1) is 0 Å². The van der Waals surface area contributed by atoms with Crippen LogP contribution in [0.25, 0.3) is 0 Å². The number of aryl methyl sites for hydroxylation is 1. The van der Waals surface area contributed by atoms with Gasteiger partial charge in [0.05, 0.1) is 0 Å². The molecule has 1 aliphatic rings. The minimum absolute atomic E-state index is 0.406. The van der Waals surface area contributed by atoms with E-state index in [0.717, 1.165) is 5.33 Å². The predicted octanol–water partition coefficient (Wildman–Crippen LogP) is 5.19. The summed E-state index contributed by atoms with van der Waals surface area (Å²) in [4.78, 5) is 0. The van der Waals surface area contributed by atoms with Crippen molar-refractivity contribution >= 4 is 27.7 Å². The summed E-state index contributed by atoms with van der Waals surface area (Å²) in [6, 6.07) is 9.09. The SMILES string of the molecule is CCSCCCC1(CBr)CCCc2ccccc21.